The van der Waals surface area contributed by atoms with Crippen LogP contribution in [0.4, 0.5) is 0 Å². The molecule has 2 N–H and O–H groups in total. The van der Waals surface area contributed by atoms with Gasteiger partial charge in [0.1, 0.15) is 0 Å². The van der Waals surface area contributed by atoms with Crippen molar-refractivity contribution < 1.29 is 8.42 Å². The van der Waals surface area contributed by atoms with E-state index in [1.165, 1.54) is 43.1 Å². The van der Waals surface area contributed by atoms with Crippen molar-refractivity contribution in [2.75, 3.05) is 18.8 Å². The van der Waals surface area contributed by atoms with E-state index in [0.717, 1.165) is 0 Å². The number of likely N-dealkylation sites (tertiary alicyclic amines) is 1. The van der Waals surface area contributed by atoms with Crippen LogP contribution in [0.1, 0.15) is 58.1 Å². The number of nitrogens with zero attached hydrogens (tertiary/aromatic N) is 2. The van der Waals surface area contributed by atoms with Gasteiger partial charge in [-0.1, -0.05) is 50.2 Å². The molecule has 3 rings (SSSR count). The average Bonchev–Trinajstić information content (AvgIpc) is 3.26. The van der Waals surface area contributed by atoms with E-state index in [0.29, 0.717) is 17.5 Å². The van der Waals surface area contributed by atoms with E-state index in [1.807, 2.05) is 38.1 Å². The lowest BCUT2D eigenvalue weighted by atomic mass is 9.95. The summed E-state index contributed by atoms with van der Waals surface area (Å²) >= 11 is 0. The van der Waals surface area contributed by atoms with Crippen molar-refractivity contribution in [1.29, 1.82) is 5.26 Å². The number of nitrogens with two attached hydrogens (primary N) is 1. The fourth-order valence-corrected chi connectivity index (χ4v) is 3.21. The molecule has 0 aromatic heterocycles. The van der Waals surface area contributed by atoms with Gasteiger partial charge in [0.2, 0.25) is 10.0 Å². The average molecular weight is 430 g/mol. The molecule has 6 heteroatoms. The third-order valence-corrected chi connectivity index (χ3v) is 5.89. The number of rotatable bonds is 4. The predicted octanol–water partition coefficient (Wildman–Crippen LogP) is 4.74. The first-order valence-corrected chi connectivity index (χ1v) is 12.3. The number of sulfonamides is 1. The highest BCUT2D eigenvalue weighted by molar-refractivity contribution is 7.89. The van der Waals surface area contributed by atoms with E-state index in [9.17, 15) is 8.42 Å². The molecule has 1 atom stereocenters. The molecule has 1 aliphatic heterocycles. The van der Waals surface area contributed by atoms with E-state index < -0.39 is 10.0 Å². The van der Waals surface area contributed by atoms with Crippen LogP contribution < -0.4 is 5.14 Å². The first kappa shape index (κ1) is 25.8. The molecule has 1 fully saturated rings. The van der Waals surface area contributed by atoms with Crippen LogP contribution in [0.25, 0.3) is 11.1 Å². The van der Waals surface area contributed by atoms with Crippen molar-refractivity contribution in [3.05, 3.63) is 59.7 Å². The van der Waals surface area contributed by atoms with E-state index >= 15 is 0 Å². The summed E-state index contributed by atoms with van der Waals surface area (Å²) in [4.78, 5) is 2.55. The minimum absolute atomic E-state index is 0.0208. The van der Waals surface area contributed by atoms with Crippen LogP contribution in [0, 0.1) is 11.3 Å². The van der Waals surface area contributed by atoms with Gasteiger partial charge in [-0.05, 0) is 68.5 Å². The van der Waals surface area contributed by atoms with Gasteiger partial charge in [0.25, 0.3) is 0 Å². The molecule has 0 saturated carbocycles. The largest absolute Gasteiger partial charge is 0.300 e. The molecule has 2 aromatic carbocycles. The van der Waals surface area contributed by atoms with Crippen LogP contribution >= 0.6 is 0 Å². The van der Waals surface area contributed by atoms with Crippen LogP contribution in [0.5, 0.6) is 0 Å². The highest BCUT2D eigenvalue weighted by Crippen LogP contribution is 2.30. The Labute approximate surface area is 182 Å². The maximum Gasteiger partial charge on any atom is 0.208 e. The SMILES string of the molecule is CC.CC(C)N1CC[C@@H](c2ccc(-c3ccc(C#N)cc3)cc2)C1.CCS(N)(=O)=O. The number of nitriles is 1. The summed E-state index contributed by atoms with van der Waals surface area (Å²) in [5.41, 5.74) is 4.54. The second-order valence-electron chi connectivity index (χ2n) is 7.34. The van der Waals surface area contributed by atoms with Crippen molar-refractivity contribution >= 4 is 10.0 Å². The molecular formula is C24H35N3O2S. The van der Waals surface area contributed by atoms with Gasteiger partial charge in [-0.3, -0.25) is 0 Å². The monoisotopic (exact) mass is 429 g/mol. The van der Waals surface area contributed by atoms with Crippen molar-refractivity contribution in [2.45, 2.75) is 53.0 Å². The van der Waals surface area contributed by atoms with Crippen molar-refractivity contribution in [2.24, 2.45) is 5.14 Å². The fraction of sp³-hybridized carbons (Fsp3) is 0.458. The molecule has 0 aliphatic carbocycles. The van der Waals surface area contributed by atoms with Gasteiger partial charge < -0.3 is 4.90 Å². The van der Waals surface area contributed by atoms with Gasteiger partial charge in [-0.2, -0.15) is 5.26 Å². The second-order valence-corrected chi connectivity index (χ2v) is 9.24. The zero-order valence-electron chi connectivity index (χ0n) is 18.8. The first-order chi connectivity index (χ1) is 14.2. The van der Waals surface area contributed by atoms with Gasteiger partial charge in [-0.25, -0.2) is 13.6 Å². The minimum Gasteiger partial charge on any atom is -0.300 e. The smallest absolute Gasteiger partial charge is 0.208 e. The highest BCUT2D eigenvalue weighted by atomic mass is 32.2. The van der Waals surface area contributed by atoms with Gasteiger partial charge >= 0.3 is 0 Å². The Balaban J connectivity index is 0.000000487. The Morgan fingerprint density at radius 2 is 1.53 bits per heavy atom. The fourth-order valence-electron chi connectivity index (χ4n) is 3.21. The zero-order valence-corrected chi connectivity index (χ0v) is 19.6. The topological polar surface area (TPSA) is 87.2 Å². The van der Waals surface area contributed by atoms with Crippen molar-refractivity contribution in [1.82, 2.24) is 4.90 Å². The molecule has 2 aromatic rings. The summed E-state index contributed by atoms with van der Waals surface area (Å²) in [7, 11) is -3.16. The normalized spacial score (nSPS) is 16.1. The zero-order chi connectivity index (χ0) is 22.7. The first-order valence-electron chi connectivity index (χ1n) is 10.6. The second kappa shape index (κ2) is 12.5. The lowest BCUT2D eigenvalue weighted by Crippen LogP contribution is -2.27. The van der Waals surface area contributed by atoms with Crippen molar-refractivity contribution in [3.63, 3.8) is 0 Å². The van der Waals surface area contributed by atoms with Crippen LogP contribution in [0.15, 0.2) is 48.5 Å². The molecule has 0 radical (unpaired) electrons. The Morgan fingerprint density at radius 3 is 1.90 bits per heavy atom. The molecule has 0 spiro atoms. The summed E-state index contributed by atoms with van der Waals surface area (Å²) < 4.78 is 19.6. The highest BCUT2D eigenvalue weighted by Gasteiger charge is 2.25. The molecule has 0 amide bonds. The maximum atomic E-state index is 9.78. The molecule has 1 saturated heterocycles. The lowest BCUT2D eigenvalue weighted by molar-refractivity contribution is 0.272. The molecule has 0 bridgehead atoms. The number of primary sulfonamides is 1. The summed E-state index contributed by atoms with van der Waals surface area (Å²) in [6.45, 7) is 12.4. The number of benzene rings is 2. The summed E-state index contributed by atoms with van der Waals surface area (Å²) in [6.07, 6.45) is 1.26. The van der Waals surface area contributed by atoms with Gasteiger partial charge in [-0.15, -0.1) is 0 Å². The minimum atomic E-state index is -3.16. The van der Waals surface area contributed by atoms with E-state index in [2.05, 4.69) is 54.2 Å². The van der Waals surface area contributed by atoms with E-state index in [4.69, 9.17) is 5.26 Å². The molecule has 30 heavy (non-hydrogen) atoms. The Bertz CT molecular complexity index is 899. The Morgan fingerprint density at radius 1 is 1.07 bits per heavy atom. The van der Waals surface area contributed by atoms with E-state index in [1.54, 1.807) is 0 Å². The number of hydrogen-bond acceptors (Lipinski definition) is 4. The maximum absolute atomic E-state index is 9.78. The number of hydrogen-bond donors (Lipinski definition) is 1. The molecule has 5 nitrogen and oxygen atoms in total. The van der Waals surface area contributed by atoms with Crippen molar-refractivity contribution in [3.8, 4) is 17.2 Å². The summed E-state index contributed by atoms with van der Waals surface area (Å²) in [6, 6.07) is 19.5. The van der Waals surface area contributed by atoms with Crippen LogP contribution in [-0.4, -0.2) is 38.2 Å². The lowest BCUT2D eigenvalue weighted by Gasteiger charge is -2.20. The molecule has 164 valence electrons. The van der Waals surface area contributed by atoms with Gasteiger partial charge in [0, 0.05) is 12.6 Å². The quantitative estimate of drug-likeness (QED) is 0.760. The molecule has 0 unspecified atom stereocenters. The molecule has 1 aliphatic rings. The predicted molar refractivity (Wildman–Crippen MR) is 126 cm³/mol. The molecule has 1 heterocycles. The summed E-state index contributed by atoms with van der Waals surface area (Å²) in [5, 5.41) is 13.4. The van der Waals surface area contributed by atoms with E-state index in [-0.39, 0.29) is 5.75 Å². The van der Waals surface area contributed by atoms with Gasteiger partial charge in [0.05, 0.1) is 17.4 Å². The Hall–Kier alpha value is -2.20. The van der Waals surface area contributed by atoms with Crippen LogP contribution in [-0.2, 0) is 10.0 Å². The van der Waals surface area contributed by atoms with Crippen LogP contribution in [0.2, 0.25) is 0 Å². The summed E-state index contributed by atoms with van der Waals surface area (Å²) in [5.74, 6) is 0.685. The van der Waals surface area contributed by atoms with Crippen LogP contribution in [0.3, 0.4) is 0 Å². The molecular weight excluding hydrogens is 394 g/mol. The van der Waals surface area contributed by atoms with Gasteiger partial charge in [0.15, 0.2) is 0 Å². The third kappa shape index (κ3) is 8.27. The third-order valence-electron chi connectivity index (χ3n) is 5.08. The standard InChI is InChI=1S/C20H22N2.C2H7NO2S.C2H6/c1-15(2)22-12-11-20(14-22)19-9-7-18(8-10-19)17-5-3-16(13-21)4-6-17;1-2-6(3,4)5;1-2/h3-10,15,20H,11-12,14H2,1-2H3;2H2,1H3,(H2,3,4,5);1-2H3/t20-;;/m1../s1. The Kier molecular flexibility index (Phi) is 10.8.